The van der Waals surface area contributed by atoms with Crippen LogP contribution in [0.5, 0.6) is 11.5 Å². The van der Waals surface area contributed by atoms with Crippen molar-refractivity contribution in [3.63, 3.8) is 0 Å². The Morgan fingerprint density at radius 3 is 2.62 bits per heavy atom. The SMILES string of the molecule is COc1ccc(OCCCNC(=O)OC(C)(C)C)cc1N. The van der Waals surface area contributed by atoms with Gasteiger partial charge in [-0.15, -0.1) is 0 Å². The van der Waals surface area contributed by atoms with Gasteiger partial charge in [-0.25, -0.2) is 4.79 Å². The second kappa shape index (κ2) is 7.61. The number of methoxy groups -OCH3 is 1. The molecule has 1 aromatic rings. The van der Waals surface area contributed by atoms with Crippen LogP contribution in [0.2, 0.25) is 0 Å². The molecule has 0 saturated heterocycles. The minimum Gasteiger partial charge on any atom is -0.495 e. The summed E-state index contributed by atoms with van der Waals surface area (Å²) in [6.45, 7) is 6.43. The van der Waals surface area contributed by atoms with E-state index in [9.17, 15) is 4.79 Å². The van der Waals surface area contributed by atoms with Crippen LogP contribution >= 0.6 is 0 Å². The Bertz CT molecular complexity index is 469. The van der Waals surface area contributed by atoms with E-state index in [0.29, 0.717) is 36.8 Å². The van der Waals surface area contributed by atoms with Crippen molar-refractivity contribution in [1.82, 2.24) is 5.32 Å². The number of anilines is 1. The third-order valence-corrected chi connectivity index (χ3v) is 2.46. The van der Waals surface area contributed by atoms with Crippen molar-refractivity contribution in [3.05, 3.63) is 18.2 Å². The fourth-order valence-corrected chi connectivity index (χ4v) is 1.57. The predicted molar refractivity (Wildman–Crippen MR) is 81.8 cm³/mol. The monoisotopic (exact) mass is 296 g/mol. The van der Waals surface area contributed by atoms with Crippen molar-refractivity contribution < 1.29 is 19.0 Å². The third-order valence-electron chi connectivity index (χ3n) is 2.46. The lowest BCUT2D eigenvalue weighted by Gasteiger charge is -2.19. The first-order valence-electron chi connectivity index (χ1n) is 6.85. The standard InChI is InChI=1S/C15H24N2O4/c1-15(2,3)21-14(18)17-8-5-9-20-11-6-7-13(19-4)12(16)10-11/h6-7,10H,5,8-9,16H2,1-4H3,(H,17,18). The largest absolute Gasteiger partial charge is 0.495 e. The van der Waals surface area contributed by atoms with Crippen LogP contribution in [0.15, 0.2) is 18.2 Å². The average Bonchev–Trinajstić information content (AvgIpc) is 2.36. The predicted octanol–water partition coefficient (Wildman–Crippen LogP) is 2.57. The number of hydrogen-bond acceptors (Lipinski definition) is 5. The van der Waals surface area contributed by atoms with Crippen molar-refractivity contribution in [1.29, 1.82) is 0 Å². The molecule has 0 saturated carbocycles. The number of carbonyl (C=O) groups excluding carboxylic acids is 1. The van der Waals surface area contributed by atoms with Crippen molar-refractivity contribution >= 4 is 11.8 Å². The van der Waals surface area contributed by atoms with Crippen LogP contribution in [0.3, 0.4) is 0 Å². The molecule has 0 aliphatic rings. The van der Waals surface area contributed by atoms with Gasteiger partial charge in [0.1, 0.15) is 17.1 Å². The summed E-state index contributed by atoms with van der Waals surface area (Å²) in [5.74, 6) is 1.29. The summed E-state index contributed by atoms with van der Waals surface area (Å²) in [6, 6.07) is 5.25. The molecule has 0 heterocycles. The molecule has 0 unspecified atom stereocenters. The zero-order valence-electron chi connectivity index (χ0n) is 13.1. The molecule has 0 atom stereocenters. The van der Waals surface area contributed by atoms with Gasteiger partial charge in [0.2, 0.25) is 0 Å². The van der Waals surface area contributed by atoms with Crippen LogP contribution in [-0.2, 0) is 4.74 Å². The Hall–Kier alpha value is -2.11. The Labute approximate surface area is 125 Å². The van der Waals surface area contributed by atoms with Gasteiger partial charge in [-0.05, 0) is 39.3 Å². The molecule has 0 bridgehead atoms. The zero-order valence-corrected chi connectivity index (χ0v) is 13.1. The molecular weight excluding hydrogens is 272 g/mol. The number of benzene rings is 1. The van der Waals surface area contributed by atoms with E-state index >= 15 is 0 Å². The quantitative estimate of drug-likeness (QED) is 0.622. The molecule has 0 aliphatic carbocycles. The van der Waals surface area contributed by atoms with Crippen LogP contribution in [-0.4, -0.2) is 32.0 Å². The van der Waals surface area contributed by atoms with Crippen LogP contribution in [0.25, 0.3) is 0 Å². The van der Waals surface area contributed by atoms with Crippen LogP contribution in [0, 0.1) is 0 Å². The van der Waals surface area contributed by atoms with E-state index in [1.165, 1.54) is 0 Å². The fraction of sp³-hybridized carbons (Fsp3) is 0.533. The lowest BCUT2D eigenvalue weighted by atomic mass is 10.2. The summed E-state index contributed by atoms with van der Waals surface area (Å²) in [4.78, 5) is 11.4. The second-order valence-corrected chi connectivity index (χ2v) is 5.53. The van der Waals surface area contributed by atoms with Gasteiger partial charge < -0.3 is 25.3 Å². The van der Waals surface area contributed by atoms with Crippen molar-refractivity contribution in [2.75, 3.05) is 26.0 Å². The highest BCUT2D eigenvalue weighted by atomic mass is 16.6. The molecule has 6 heteroatoms. The van der Waals surface area contributed by atoms with E-state index in [2.05, 4.69) is 5.32 Å². The van der Waals surface area contributed by atoms with E-state index in [1.54, 1.807) is 25.3 Å². The average molecular weight is 296 g/mol. The Morgan fingerprint density at radius 2 is 2.05 bits per heavy atom. The normalized spacial score (nSPS) is 10.9. The summed E-state index contributed by atoms with van der Waals surface area (Å²) in [5, 5.41) is 2.67. The van der Waals surface area contributed by atoms with Crippen LogP contribution in [0.4, 0.5) is 10.5 Å². The van der Waals surface area contributed by atoms with E-state index in [1.807, 2.05) is 20.8 Å². The highest BCUT2D eigenvalue weighted by Crippen LogP contribution is 2.25. The van der Waals surface area contributed by atoms with Gasteiger partial charge in [0.05, 0.1) is 19.4 Å². The first kappa shape index (κ1) is 16.9. The molecule has 118 valence electrons. The van der Waals surface area contributed by atoms with Crippen molar-refractivity contribution in [2.24, 2.45) is 0 Å². The van der Waals surface area contributed by atoms with Gasteiger partial charge >= 0.3 is 6.09 Å². The summed E-state index contributed by atoms with van der Waals surface area (Å²) >= 11 is 0. The highest BCUT2D eigenvalue weighted by Gasteiger charge is 2.15. The molecule has 0 aliphatic heterocycles. The number of amides is 1. The molecule has 6 nitrogen and oxygen atoms in total. The molecule has 0 aromatic heterocycles. The van der Waals surface area contributed by atoms with Gasteiger partial charge in [-0.1, -0.05) is 0 Å². The molecule has 1 amide bonds. The Balaban J connectivity index is 2.23. The first-order chi connectivity index (χ1) is 9.81. The smallest absolute Gasteiger partial charge is 0.407 e. The first-order valence-corrected chi connectivity index (χ1v) is 6.85. The van der Waals surface area contributed by atoms with Crippen LogP contribution in [0.1, 0.15) is 27.2 Å². The molecule has 0 spiro atoms. The number of rotatable bonds is 6. The van der Waals surface area contributed by atoms with Gasteiger partial charge in [0.25, 0.3) is 0 Å². The molecular formula is C15H24N2O4. The molecule has 3 N–H and O–H groups in total. The Kier molecular flexibility index (Phi) is 6.14. The summed E-state index contributed by atoms with van der Waals surface area (Å²) in [6.07, 6.45) is 0.252. The number of nitrogens with one attached hydrogen (secondary N) is 1. The van der Waals surface area contributed by atoms with E-state index in [4.69, 9.17) is 19.9 Å². The summed E-state index contributed by atoms with van der Waals surface area (Å²) in [5.41, 5.74) is 5.83. The van der Waals surface area contributed by atoms with Gasteiger partial charge in [-0.2, -0.15) is 0 Å². The van der Waals surface area contributed by atoms with Gasteiger partial charge in [0.15, 0.2) is 0 Å². The topological polar surface area (TPSA) is 82.8 Å². The number of nitrogen functional groups attached to an aromatic ring is 1. The molecule has 0 fully saturated rings. The van der Waals surface area contributed by atoms with Crippen molar-refractivity contribution in [3.8, 4) is 11.5 Å². The highest BCUT2D eigenvalue weighted by molar-refractivity contribution is 5.67. The summed E-state index contributed by atoms with van der Waals surface area (Å²) in [7, 11) is 1.56. The number of hydrogen-bond donors (Lipinski definition) is 2. The molecule has 21 heavy (non-hydrogen) atoms. The van der Waals surface area contributed by atoms with E-state index in [0.717, 1.165) is 0 Å². The fourth-order valence-electron chi connectivity index (χ4n) is 1.57. The van der Waals surface area contributed by atoms with Gasteiger partial charge in [-0.3, -0.25) is 0 Å². The zero-order chi connectivity index (χ0) is 15.9. The Morgan fingerprint density at radius 1 is 1.33 bits per heavy atom. The maximum Gasteiger partial charge on any atom is 0.407 e. The van der Waals surface area contributed by atoms with Crippen molar-refractivity contribution in [2.45, 2.75) is 32.8 Å². The number of carbonyl (C=O) groups is 1. The van der Waals surface area contributed by atoms with Crippen LogP contribution < -0.4 is 20.5 Å². The minimum absolute atomic E-state index is 0.420. The van der Waals surface area contributed by atoms with Gasteiger partial charge in [0, 0.05) is 12.6 Å². The molecule has 1 aromatic carbocycles. The number of nitrogens with two attached hydrogens (primary N) is 1. The maximum absolute atomic E-state index is 11.4. The van der Waals surface area contributed by atoms with E-state index < -0.39 is 11.7 Å². The molecule has 0 radical (unpaired) electrons. The minimum atomic E-state index is -0.485. The lowest BCUT2D eigenvalue weighted by molar-refractivity contribution is 0.0525. The number of ether oxygens (including phenoxy) is 3. The number of alkyl carbamates (subject to hydrolysis) is 1. The molecule has 1 rings (SSSR count). The third kappa shape index (κ3) is 6.74. The second-order valence-electron chi connectivity index (χ2n) is 5.53. The summed E-state index contributed by atoms with van der Waals surface area (Å²) < 4.78 is 15.7. The van der Waals surface area contributed by atoms with E-state index in [-0.39, 0.29) is 0 Å². The maximum atomic E-state index is 11.4. The lowest BCUT2D eigenvalue weighted by Crippen LogP contribution is -2.33.